The van der Waals surface area contributed by atoms with Crippen LogP contribution in [0.4, 0.5) is 0 Å². The fraction of sp³-hybridized carbons (Fsp3) is 0.750. The first-order valence-electron chi connectivity index (χ1n) is 7.29. The maximum absolute atomic E-state index is 5.88. The molecule has 1 heterocycles. The van der Waals surface area contributed by atoms with Crippen LogP contribution < -0.4 is 5.32 Å². The lowest BCUT2D eigenvalue weighted by Gasteiger charge is -2.36. The zero-order valence-corrected chi connectivity index (χ0v) is 12.9. The molecular weight excluding hydrogens is 238 g/mol. The normalized spacial score (nSPS) is 23.1. The maximum Gasteiger partial charge on any atom is 0.109 e. The Morgan fingerprint density at radius 1 is 1.53 bits per heavy atom. The van der Waals surface area contributed by atoms with Crippen LogP contribution in [0, 0.1) is 12.3 Å². The van der Waals surface area contributed by atoms with Crippen LogP contribution in [0.1, 0.15) is 56.7 Å². The molecule has 1 N–H and O–H groups in total. The van der Waals surface area contributed by atoms with E-state index in [4.69, 9.17) is 9.15 Å². The lowest BCUT2D eigenvalue weighted by atomic mass is 9.74. The first-order valence-corrected chi connectivity index (χ1v) is 7.29. The van der Waals surface area contributed by atoms with E-state index in [1.54, 1.807) is 7.11 Å². The van der Waals surface area contributed by atoms with Crippen LogP contribution >= 0.6 is 0 Å². The average Bonchev–Trinajstić information content (AvgIpc) is 2.67. The van der Waals surface area contributed by atoms with Crippen LogP contribution in [0.15, 0.2) is 10.5 Å². The third kappa shape index (κ3) is 3.40. The van der Waals surface area contributed by atoms with E-state index in [2.05, 4.69) is 32.2 Å². The molecule has 0 radical (unpaired) electrons. The van der Waals surface area contributed by atoms with Gasteiger partial charge in [0.15, 0.2) is 0 Å². The quantitative estimate of drug-likeness (QED) is 0.883. The van der Waals surface area contributed by atoms with E-state index in [0.29, 0.717) is 17.5 Å². The van der Waals surface area contributed by atoms with Gasteiger partial charge in [0.1, 0.15) is 11.5 Å². The van der Waals surface area contributed by atoms with Gasteiger partial charge in [-0.2, -0.15) is 0 Å². The van der Waals surface area contributed by atoms with Crippen LogP contribution in [0.3, 0.4) is 0 Å². The summed E-state index contributed by atoms with van der Waals surface area (Å²) in [5.74, 6) is 2.19. The van der Waals surface area contributed by atoms with Crippen molar-refractivity contribution in [1.29, 1.82) is 0 Å². The second-order valence-electron chi connectivity index (χ2n) is 6.56. The summed E-state index contributed by atoms with van der Waals surface area (Å²) in [7, 11) is 1.77. The molecule has 0 aliphatic heterocycles. The van der Waals surface area contributed by atoms with Crippen LogP contribution in [-0.4, -0.2) is 19.8 Å². The smallest absolute Gasteiger partial charge is 0.109 e. The van der Waals surface area contributed by atoms with E-state index in [1.165, 1.54) is 11.3 Å². The molecule has 1 aliphatic rings. The van der Waals surface area contributed by atoms with Crippen LogP contribution in [0.25, 0.3) is 0 Å². The van der Waals surface area contributed by atoms with Crippen molar-refractivity contribution < 1.29 is 9.15 Å². The SMILES string of the molecule is CCC(COC)NC1CC(C)(C)Cc2oc(C)cc21. The minimum atomic E-state index is 0.292. The number of hydrogen-bond donors (Lipinski definition) is 1. The van der Waals surface area contributed by atoms with Crippen molar-refractivity contribution in [3.63, 3.8) is 0 Å². The predicted octanol–water partition coefficient (Wildman–Crippen LogP) is 3.62. The summed E-state index contributed by atoms with van der Waals surface area (Å²) in [6.07, 6.45) is 3.27. The number of rotatable bonds is 5. The lowest BCUT2D eigenvalue weighted by Crippen LogP contribution is -2.40. The Labute approximate surface area is 116 Å². The predicted molar refractivity (Wildman–Crippen MR) is 77.4 cm³/mol. The molecule has 19 heavy (non-hydrogen) atoms. The number of nitrogens with one attached hydrogen (secondary N) is 1. The molecule has 2 rings (SSSR count). The van der Waals surface area contributed by atoms with Gasteiger partial charge in [-0.05, 0) is 31.2 Å². The van der Waals surface area contributed by atoms with Gasteiger partial charge in [0, 0.05) is 31.2 Å². The van der Waals surface area contributed by atoms with Crippen LogP contribution in [-0.2, 0) is 11.2 Å². The summed E-state index contributed by atoms with van der Waals surface area (Å²) in [5.41, 5.74) is 1.65. The molecular formula is C16H27NO2. The highest BCUT2D eigenvalue weighted by molar-refractivity contribution is 5.29. The number of hydrogen-bond acceptors (Lipinski definition) is 3. The molecule has 2 unspecified atom stereocenters. The molecule has 0 saturated carbocycles. The van der Waals surface area contributed by atoms with Gasteiger partial charge in [-0.3, -0.25) is 0 Å². The Hall–Kier alpha value is -0.800. The van der Waals surface area contributed by atoms with Crippen LogP contribution in [0.2, 0.25) is 0 Å². The number of aryl methyl sites for hydroxylation is 1. The summed E-state index contributed by atoms with van der Waals surface area (Å²) < 4.78 is 11.2. The molecule has 2 atom stereocenters. The van der Waals surface area contributed by atoms with E-state index in [-0.39, 0.29) is 0 Å². The zero-order chi connectivity index (χ0) is 14.0. The zero-order valence-electron chi connectivity index (χ0n) is 12.9. The second-order valence-corrected chi connectivity index (χ2v) is 6.56. The second kappa shape index (κ2) is 5.68. The van der Waals surface area contributed by atoms with Gasteiger partial charge in [0.2, 0.25) is 0 Å². The van der Waals surface area contributed by atoms with Crippen molar-refractivity contribution in [2.24, 2.45) is 5.41 Å². The van der Waals surface area contributed by atoms with E-state index in [9.17, 15) is 0 Å². The van der Waals surface area contributed by atoms with Gasteiger partial charge in [-0.25, -0.2) is 0 Å². The highest BCUT2D eigenvalue weighted by Crippen LogP contribution is 2.42. The largest absolute Gasteiger partial charge is 0.466 e. The topological polar surface area (TPSA) is 34.4 Å². The van der Waals surface area contributed by atoms with Crippen molar-refractivity contribution in [3.05, 3.63) is 23.2 Å². The lowest BCUT2D eigenvalue weighted by molar-refractivity contribution is 0.145. The molecule has 1 aromatic heterocycles. The van der Waals surface area contributed by atoms with Crippen molar-refractivity contribution in [2.45, 2.75) is 59.0 Å². The maximum atomic E-state index is 5.88. The summed E-state index contributed by atoms with van der Waals surface area (Å²) in [6, 6.07) is 2.99. The van der Waals surface area contributed by atoms with Crippen molar-refractivity contribution >= 4 is 0 Å². The Balaban J connectivity index is 2.19. The average molecular weight is 265 g/mol. The van der Waals surface area contributed by atoms with Gasteiger partial charge in [-0.1, -0.05) is 20.8 Å². The standard InChI is InChI=1S/C16H27NO2/c1-6-12(10-18-5)17-14-8-16(3,4)9-15-13(14)7-11(2)19-15/h7,12,14,17H,6,8-10H2,1-5H3. The molecule has 1 aromatic rings. The summed E-state index contributed by atoms with van der Waals surface area (Å²) >= 11 is 0. The van der Waals surface area contributed by atoms with Crippen molar-refractivity contribution in [3.8, 4) is 0 Å². The van der Waals surface area contributed by atoms with Gasteiger partial charge >= 0.3 is 0 Å². The Morgan fingerprint density at radius 3 is 2.89 bits per heavy atom. The van der Waals surface area contributed by atoms with E-state index >= 15 is 0 Å². The number of furan rings is 1. The summed E-state index contributed by atoms with van der Waals surface area (Å²) in [6.45, 7) is 9.64. The van der Waals surface area contributed by atoms with Gasteiger partial charge in [-0.15, -0.1) is 0 Å². The third-order valence-corrected chi connectivity index (χ3v) is 4.03. The fourth-order valence-electron chi connectivity index (χ4n) is 3.10. The highest BCUT2D eigenvalue weighted by Gasteiger charge is 2.35. The molecule has 3 nitrogen and oxygen atoms in total. The highest BCUT2D eigenvalue weighted by atomic mass is 16.5. The molecule has 0 fully saturated rings. The van der Waals surface area contributed by atoms with Gasteiger partial charge < -0.3 is 14.5 Å². The molecule has 1 aliphatic carbocycles. The Kier molecular flexibility index (Phi) is 4.36. The molecule has 0 amide bonds. The third-order valence-electron chi connectivity index (χ3n) is 4.03. The van der Waals surface area contributed by atoms with Crippen LogP contribution in [0.5, 0.6) is 0 Å². The number of methoxy groups -OCH3 is 1. The number of fused-ring (bicyclic) bond motifs is 1. The fourth-order valence-corrected chi connectivity index (χ4v) is 3.10. The van der Waals surface area contributed by atoms with Crippen molar-refractivity contribution in [1.82, 2.24) is 5.32 Å². The molecule has 0 bridgehead atoms. The minimum absolute atomic E-state index is 0.292. The Bertz CT molecular complexity index is 422. The molecule has 108 valence electrons. The van der Waals surface area contributed by atoms with E-state index < -0.39 is 0 Å². The first-order chi connectivity index (χ1) is 8.95. The summed E-state index contributed by atoms with van der Waals surface area (Å²) in [4.78, 5) is 0. The van der Waals surface area contributed by atoms with Gasteiger partial charge in [0.25, 0.3) is 0 Å². The number of ether oxygens (including phenoxy) is 1. The van der Waals surface area contributed by atoms with E-state index in [1.807, 2.05) is 6.92 Å². The van der Waals surface area contributed by atoms with Gasteiger partial charge in [0.05, 0.1) is 6.61 Å². The van der Waals surface area contributed by atoms with E-state index in [0.717, 1.165) is 31.6 Å². The molecule has 3 heteroatoms. The molecule has 0 aromatic carbocycles. The molecule has 0 saturated heterocycles. The molecule has 0 spiro atoms. The Morgan fingerprint density at radius 2 is 2.26 bits per heavy atom. The first kappa shape index (κ1) is 14.6. The van der Waals surface area contributed by atoms with Crippen molar-refractivity contribution in [2.75, 3.05) is 13.7 Å². The minimum Gasteiger partial charge on any atom is -0.466 e. The monoisotopic (exact) mass is 265 g/mol. The summed E-state index contributed by atoms with van der Waals surface area (Å²) in [5, 5.41) is 3.75.